The average Bonchev–Trinajstić information content (AvgIpc) is 2.83. The van der Waals surface area contributed by atoms with Crippen molar-refractivity contribution in [2.24, 2.45) is 4.99 Å². The summed E-state index contributed by atoms with van der Waals surface area (Å²) in [6, 6.07) is 6.57. The standard InChI is InChI=1S/C18H28FN3O.HI/c1-20-18(22-14-15-7-6-8-16(19)13-15)21-11-12-23-17-9-4-2-3-5-10-17;/h6-8,13,17H,2-5,9-12,14H2,1H3,(H2,20,21,22);1H. The van der Waals surface area contributed by atoms with Crippen LogP contribution >= 0.6 is 24.0 Å². The monoisotopic (exact) mass is 449 g/mol. The zero-order valence-electron chi connectivity index (χ0n) is 14.4. The lowest BCUT2D eigenvalue weighted by Crippen LogP contribution is -2.38. The number of halogens is 2. The zero-order valence-corrected chi connectivity index (χ0v) is 16.7. The summed E-state index contributed by atoms with van der Waals surface area (Å²) in [7, 11) is 1.73. The molecular formula is C18H29FIN3O. The van der Waals surface area contributed by atoms with Crippen molar-refractivity contribution in [2.45, 2.75) is 51.2 Å². The number of hydrogen-bond acceptors (Lipinski definition) is 2. The quantitative estimate of drug-likeness (QED) is 0.228. The molecule has 0 heterocycles. The maximum Gasteiger partial charge on any atom is 0.191 e. The Morgan fingerprint density at radius 2 is 1.96 bits per heavy atom. The van der Waals surface area contributed by atoms with E-state index in [1.54, 1.807) is 13.1 Å². The van der Waals surface area contributed by atoms with E-state index in [0.717, 1.165) is 12.1 Å². The van der Waals surface area contributed by atoms with E-state index in [4.69, 9.17) is 4.74 Å². The average molecular weight is 449 g/mol. The van der Waals surface area contributed by atoms with Gasteiger partial charge < -0.3 is 15.4 Å². The van der Waals surface area contributed by atoms with Crippen LogP contribution in [0, 0.1) is 5.82 Å². The molecule has 1 saturated carbocycles. The number of benzene rings is 1. The van der Waals surface area contributed by atoms with Crippen molar-refractivity contribution in [3.8, 4) is 0 Å². The Balaban J connectivity index is 0.00000288. The van der Waals surface area contributed by atoms with Gasteiger partial charge in [0.1, 0.15) is 5.82 Å². The molecule has 0 spiro atoms. The van der Waals surface area contributed by atoms with E-state index >= 15 is 0 Å². The SMILES string of the molecule is CN=C(NCCOC1CCCCCC1)NCc1cccc(F)c1.I. The van der Waals surface area contributed by atoms with E-state index in [9.17, 15) is 4.39 Å². The summed E-state index contributed by atoms with van der Waals surface area (Å²) >= 11 is 0. The highest BCUT2D eigenvalue weighted by molar-refractivity contribution is 14.0. The van der Waals surface area contributed by atoms with Gasteiger partial charge in [-0.15, -0.1) is 24.0 Å². The minimum atomic E-state index is -0.218. The van der Waals surface area contributed by atoms with Crippen LogP contribution in [0.1, 0.15) is 44.1 Å². The van der Waals surface area contributed by atoms with Crippen LogP contribution < -0.4 is 10.6 Å². The van der Waals surface area contributed by atoms with Gasteiger partial charge in [0.15, 0.2) is 5.96 Å². The first-order chi connectivity index (χ1) is 11.3. The molecule has 0 atom stereocenters. The minimum absolute atomic E-state index is 0. The molecule has 6 heteroatoms. The Morgan fingerprint density at radius 3 is 2.62 bits per heavy atom. The van der Waals surface area contributed by atoms with Crippen molar-refractivity contribution in [1.82, 2.24) is 10.6 Å². The van der Waals surface area contributed by atoms with Gasteiger partial charge in [-0.2, -0.15) is 0 Å². The fourth-order valence-electron chi connectivity index (χ4n) is 2.86. The first-order valence-corrected chi connectivity index (χ1v) is 8.58. The lowest BCUT2D eigenvalue weighted by Gasteiger charge is -2.16. The van der Waals surface area contributed by atoms with Crippen LogP contribution in [0.25, 0.3) is 0 Å². The van der Waals surface area contributed by atoms with Crippen LogP contribution in [0.3, 0.4) is 0 Å². The summed E-state index contributed by atoms with van der Waals surface area (Å²) in [5, 5.41) is 6.41. The van der Waals surface area contributed by atoms with Crippen molar-refractivity contribution in [2.75, 3.05) is 20.2 Å². The highest BCUT2D eigenvalue weighted by Crippen LogP contribution is 2.19. The first-order valence-electron chi connectivity index (χ1n) is 8.58. The number of nitrogens with zero attached hydrogens (tertiary/aromatic N) is 1. The molecule has 0 saturated heterocycles. The second kappa shape index (κ2) is 12.5. The molecule has 0 amide bonds. The molecule has 1 aromatic carbocycles. The summed E-state index contributed by atoms with van der Waals surface area (Å²) in [5.74, 6) is 0.489. The van der Waals surface area contributed by atoms with Gasteiger partial charge in [-0.05, 0) is 30.5 Å². The fourth-order valence-corrected chi connectivity index (χ4v) is 2.86. The third-order valence-corrected chi connectivity index (χ3v) is 4.12. The minimum Gasteiger partial charge on any atom is -0.376 e. The summed E-state index contributed by atoms with van der Waals surface area (Å²) in [6.07, 6.45) is 8.05. The molecule has 4 nitrogen and oxygen atoms in total. The highest BCUT2D eigenvalue weighted by Gasteiger charge is 2.12. The van der Waals surface area contributed by atoms with Gasteiger partial charge in [-0.3, -0.25) is 4.99 Å². The summed E-state index contributed by atoms with van der Waals surface area (Å²) in [5.41, 5.74) is 0.891. The maximum absolute atomic E-state index is 13.1. The van der Waals surface area contributed by atoms with Crippen molar-refractivity contribution >= 4 is 29.9 Å². The van der Waals surface area contributed by atoms with Crippen molar-refractivity contribution in [3.63, 3.8) is 0 Å². The molecule has 136 valence electrons. The van der Waals surface area contributed by atoms with Gasteiger partial charge in [0.05, 0.1) is 12.7 Å². The Kier molecular flexibility index (Phi) is 11.0. The molecule has 0 unspecified atom stereocenters. The summed E-state index contributed by atoms with van der Waals surface area (Å²) in [6.45, 7) is 1.95. The number of aliphatic imine (C=N–C) groups is 1. The smallest absolute Gasteiger partial charge is 0.191 e. The van der Waals surface area contributed by atoms with Crippen molar-refractivity contribution in [1.29, 1.82) is 0 Å². The Hall–Kier alpha value is -0.890. The molecule has 24 heavy (non-hydrogen) atoms. The lowest BCUT2D eigenvalue weighted by atomic mass is 10.1. The number of nitrogens with one attached hydrogen (secondary N) is 2. The zero-order chi connectivity index (χ0) is 16.3. The lowest BCUT2D eigenvalue weighted by molar-refractivity contribution is 0.0468. The third kappa shape index (κ3) is 8.28. The molecule has 2 N–H and O–H groups in total. The summed E-state index contributed by atoms with van der Waals surface area (Å²) in [4.78, 5) is 4.17. The van der Waals surface area contributed by atoms with Gasteiger partial charge >= 0.3 is 0 Å². The van der Waals surface area contributed by atoms with Crippen molar-refractivity contribution in [3.05, 3.63) is 35.6 Å². The van der Waals surface area contributed by atoms with Crippen LogP contribution in [0.15, 0.2) is 29.3 Å². The van der Waals surface area contributed by atoms with E-state index in [0.29, 0.717) is 25.2 Å². The van der Waals surface area contributed by atoms with E-state index in [1.807, 2.05) is 6.07 Å². The maximum atomic E-state index is 13.1. The third-order valence-electron chi connectivity index (χ3n) is 4.12. The predicted molar refractivity (Wildman–Crippen MR) is 107 cm³/mol. The Labute approximate surface area is 161 Å². The number of ether oxygens (including phenoxy) is 1. The van der Waals surface area contributed by atoms with Gasteiger partial charge in [-0.1, -0.05) is 37.8 Å². The fraction of sp³-hybridized carbons (Fsp3) is 0.611. The van der Waals surface area contributed by atoms with E-state index in [2.05, 4.69) is 15.6 Å². The second-order valence-electron chi connectivity index (χ2n) is 5.97. The first kappa shape index (κ1) is 21.2. The summed E-state index contributed by atoms with van der Waals surface area (Å²) < 4.78 is 19.1. The molecule has 0 aromatic heterocycles. The number of hydrogen-bond donors (Lipinski definition) is 2. The molecule has 2 rings (SSSR count). The van der Waals surface area contributed by atoms with Crippen LogP contribution in [-0.4, -0.2) is 32.3 Å². The molecule has 0 aliphatic heterocycles. The van der Waals surface area contributed by atoms with Gasteiger partial charge in [-0.25, -0.2) is 4.39 Å². The Morgan fingerprint density at radius 1 is 1.21 bits per heavy atom. The molecule has 1 fully saturated rings. The van der Waals surface area contributed by atoms with E-state index in [-0.39, 0.29) is 29.8 Å². The second-order valence-corrected chi connectivity index (χ2v) is 5.97. The Bertz CT molecular complexity index is 491. The molecule has 1 aliphatic carbocycles. The van der Waals surface area contributed by atoms with Crippen LogP contribution in [0.4, 0.5) is 4.39 Å². The number of rotatable bonds is 6. The largest absolute Gasteiger partial charge is 0.376 e. The van der Waals surface area contributed by atoms with Gasteiger partial charge in [0.2, 0.25) is 0 Å². The molecule has 0 bridgehead atoms. The highest BCUT2D eigenvalue weighted by atomic mass is 127. The van der Waals surface area contributed by atoms with Crippen molar-refractivity contribution < 1.29 is 9.13 Å². The molecule has 0 radical (unpaired) electrons. The molecule has 1 aromatic rings. The van der Waals surface area contributed by atoms with Crippen LogP contribution in [-0.2, 0) is 11.3 Å². The van der Waals surface area contributed by atoms with Gasteiger partial charge in [0.25, 0.3) is 0 Å². The van der Waals surface area contributed by atoms with Crippen LogP contribution in [0.2, 0.25) is 0 Å². The topological polar surface area (TPSA) is 45.7 Å². The molecule has 1 aliphatic rings. The number of guanidine groups is 1. The van der Waals surface area contributed by atoms with E-state index in [1.165, 1.54) is 50.7 Å². The van der Waals surface area contributed by atoms with E-state index < -0.39 is 0 Å². The predicted octanol–water partition coefficient (Wildman–Crippen LogP) is 3.85. The molecular weight excluding hydrogens is 420 g/mol. The normalized spacial score (nSPS) is 16.2. The van der Waals surface area contributed by atoms with Gasteiger partial charge in [0, 0.05) is 20.1 Å². The van der Waals surface area contributed by atoms with Crippen LogP contribution in [0.5, 0.6) is 0 Å².